The number of para-hydroxylation sites is 2. The lowest BCUT2D eigenvalue weighted by Crippen LogP contribution is -2.27. The van der Waals surface area contributed by atoms with Gasteiger partial charge in [0.15, 0.2) is 0 Å². The molecule has 0 spiro atoms. The highest BCUT2D eigenvalue weighted by Gasteiger charge is 2.18. The van der Waals surface area contributed by atoms with Crippen LogP contribution in [0.25, 0.3) is 27.5 Å². The molecule has 136 valence electrons. The fourth-order valence-corrected chi connectivity index (χ4v) is 3.50. The van der Waals surface area contributed by atoms with E-state index in [1.165, 1.54) is 0 Å². The summed E-state index contributed by atoms with van der Waals surface area (Å²) in [5.41, 5.74) is 2.11. The van der Waals surface area contributed by atoms with E-state index in [1.807, 2.05) is 50.2 Å². The summed E-state index contributed by atoms with van der Waals surface area (Å²) in [6, 6.07) is 16.5. The molecular formula is C22H20N2O3. The summed E-state index contributed by atoms with van der Waals surface area (Å²) in [6.45, 7) is 4.06. The number of pyridine rings is 2. The number of benzene rings is 2. The van der Waals surface area contributed by atoms with E-state index in [2.05, 4.69) is 4.98 Å². The van der Waals surface area contributed by atoms with Gasteiger partial charge in [-0.05, 0) is 36.2 Å². The molecule has 0 amide bonds. The minimum absolute atomic E-state index is 0.0965. The van der Waals surface area contributed by atoms with Crippen LogP contribution in [0.1, 0.15) is 25.5 Å². The Labute approximate surface area is 155 Å². The van der Waals surface area contributed by atoms with Crippen molar-refractivity contribution in [1.29, 1.82) is 0 Å². The van der Waals surface area contributed by atoms with Crippen LogP contribution in [0.15, 0.2) is 64.2 Å². The molecule has 4 rings (SSSR count). The van der Waals surface area contributed by atoms with Gasteiger partial charge in [0.05, 0.1) is 23.5 Å². The summed E-state index contributed by atoms with van der Waals surface area (Å²) in [7, 11) is 1.56. The van der Waals surface area contributed by atoms with Crippen molar-refractivity contribution in [3.63, 3.8) is 0 Å². The predicted molar refractivity (Wildman–Crippen MR) is 108 cm³/mol. The Kier molecular flexibility index (Phi) is 4.07. The number of hydrogen-bond acceptors (Lipinski definition) is 3. The smallest absolute Gasteiger partial charge is 0.268 e. The lowest BCUT2D eigenvalue weighted by Gasteiger charge is -2.17. The van der Waals surface area contributed by atoms with Crippen molar-refractivity contribution < 1.29 is 4.74 Å². The number of nitrogens with zero attached hydrogens (tertiary/aromatic N) is 1. The normalized spacial score (nSPS) is 11.4. The zero-order chi connectivity index (χ0) is 19.1. The number of hydrogen-bond donors (Lipinski definition) is 1. The molecule has 2 heterocycles. The predicted octanol–water partition coefficient (Wildman–Crippen LogP) is 3.96. The molecule has 0 aliphatic rings. The molecule has 0 bridgehead atoms. The second-order valence-corrected chi connectivity index (χ2v) is 6.83. The Bertz CT molecular complexity index is 1270. The lowest BCUT2D eigenvalue weighted by atomic mass is 10.0. The van der Waals surface area contributed by atoms with Gasteiger partial charge in [0.1, 0.15) is 11.1 Å². The third-order valence-electron chi connectivity index (χ3n) is 4.82. The van der Waals surface area contributed by atoms with Gasteiger partial charge in [-0.15, -0.1) is 0 Å². The van der Waals surface area contributed by atoms with E-state index in [4.69, 9.17) is 4.74 Å². The van der Waals surface area contributed by atoms with E-state index >= 15 is 0 Å². The first-order chi connectivity index (χ1) is 13.0. The van der Waals surface area contributed by atoms with Gasteiger partial charge < -0.3 is 9.72 Å². The fourth-order valence-electron chi connectivity index (χ4n) is 3.50. The number of fused-ring (bicyclic) bond motifs is 2. The number of aromatic nitrogens is 2. The second kappa shape index (κ2) is 6.43. The summed E-state index contributed by atoms with van der Waals surface area (Å²) < 4.78 is 7.01. The van der Waals surface area contributed by atoms with Crippen molar-refractivity contribution in [3.8, 4) is 11.4 Å². The SMILES string of the molecule is COc1cccc2c(=O)c3c(=O)n(-c4ccccc4)c(C(C)C)cc3[nH]c12. The Morgan fingerprint density at radius 2 is 1.74 bits per heavy atom. The van der Waals surface area contributed by atoms with Crippen LogP contribution >= 0.6 is 0 Å². The highest BCUT2D eigenvalue weighted by molar-refractivity contribution is 5.95. The number of methoxy groups -OCH3 is 1. The highest BCUT2D eigenvalue weighted by Crippen LogP contribution is 2.25. The van der Waals surface area contributed by atoms with E-state index in [9.17, 15) is 9.59 Å². The average Bonchev–Trinajstić information content (AvgIpc) is 2.68. The zero-order valence-electron chi connectivity index (χ0n) is 15.4. The molecule has 2 aromatic carbocycles. The second-order valence-electron chi connectivity index (χ2n) is 6.83. The van der Waals surface area contributed by atoms with Crippen LogP contribution < -0.4 is 15.7 Å². The summed E-state index contributed by atoms with van der Waals surface area (Å²) >= 11 is 0. The Morgan fingerprint density at radius 1 is 1.00 bits per heavy atom. The Balaban J connectivity index is 2.21. The van der Waals surface area contributed by atoms with E-state index in [0.717, 1.165) is 11.4 Å². The quantitative estimate of drug-likeness (QED) is 0.562. The zero-order valence-corrected chi connectivity index (χ0v) is 15.4. The molecule has 0 unspecified atom stereocenters. The van der Waals surface area contributed by atoms with Crippen LogP contribution in [0.2, 0.25) is 0 Å². The number of nitrogens with one attached hydrogen (secondary N) is 1. The molecule has 0 fully saturated rings. The molecule has 0 saturated carbocycles. The van der Waals surface area contributed by atoms with Gasteiger partial charge in [0.25, 0.3) is 5.56 Å². The summed E-state index contributed by atoms with van der Waals surface area (Å²) in [5.74, 6) is 0.670. The molecule has 1 N–H and O–H groups in total. The van der Waals surface area contributed by atoms with Crippen molar-refractivity contribution in [2.45, 2.75) is 19.8 Å². The third kappa shape index (κ3) is 2.63. The highest BCUT2D eigenvalue weighted by atomic mass is 16.5. The molecule has 5 heteroatoms. The Morgan fingerprint density at radius 3 is 2.41 bits per heavy atom. The molecule has 5 nitrogen and oxygen atoms in total. The maximum atomic E-state index is 13.4. The maximum Gasteiger partial charge on any atom is 0.268 e. The van der Waals surface area contributed by atoms with E-state index in [1.54, 1.807) is 29.9 Å². The first-order valence-electron chi connectivity index (χ1n) is 8.87. The van der Waals surface area contributed by atoms with Crippen molar-refractivity contribution >= 4 is 21.8 Å². The van der Waals surface area contributed by atoms with Crippen LogP contribution in [-0.2, 0) is 0 Å². The topological polar surface area (TPSA) is 64.1 Å². The van der Waals surface area contributed by atoms with Gasteiger partial charge in [-0.2, -0.15) is 0 Å². The van der Waals surface area contributed by atoms with Gasteiger partial charge in [-0.25, -0.2) is 0 Å². The summed E-state index contributed by atoms with van der Waals surface area (Å²) in [4.78, 5) is 29.8. The summed E-state index contributed by atoms with van der Waals surface area (Å²) in [5, 5.41) is 0.597. The van der Waals surface area contributed by atoms with Crippen molar-refractivity contribution in [2.75, 3.05) is 7.11 Å². The van der Waals surface area contributed by atoms with Gasteiger partial charge in [-0.3, -0.25) is 14.2 Å². The van der Waals surface area contributed by atoms with Crippen LogP contribution in [-0.4, -0.2) is 16.7 Å². The number of ether oxygens (including phenoxy) is 1. The average molecular weight is 360 g/mol. The first kappa shape index (κ1) is 17.1. The minimum atomic E-state index is -0.312. The standard InChI is InChI=1S/C22H20N2O3/c1-13(2)17-12-16-19(22(26)24(17)14-8-5-4-6-9-14)21(25)15-10-7-11-18(27-3)20(15)23-16/h4-13H,1-3H3,(H,23,25). The van der Waals surface area contributed by atoms with Crippen molar-refractivity contribution in [3.05, 3.63) is 80.9 Å². The molecule has 2 aromatic heterocycles. The van der Waals surface area contributed by atoms with E-state index < -0.39 is 0 Å². The fraction of sp³-hybridized carbons (Fsp3) is 0.182. The number of H-pyrrole nitrogens is 1. The van der Waals surface area contributed by atoms with Gasteiger partial charge in [0.2, 0.25) is 5.43 Å². The molecule has 0 aliphatic carbocycles. The van der Waals surface area contributed by atoms with Crippen LogP contribution in [0.4, 0.5) is 0 Å². The first-order valence-corrected chi connectivity index (χ1v) is 8.87. The van der Waals surface area contributed by atoms with E-state index in [0.29, 0.717) is 22.2 Å². The van der Waals surface area contributed by atoms with Crippen LogP contribution in [0.3, 0.4) is 0 Å². The molecule has 0 atom stereocenters. The largest absolute Gasteiger partial charge is 0.495 e. The lowest BCUT2D eigenvalue weighted by molar-refractivity contribution is 0.419. The van der Waals surface area contributed by atoms with Gasteiger partial charge >= 0.3 is 0 Å². The summed E-state index contributed by atoms with van der Waals surface area (Å²) in [6.07, 6.45) is 0. The molecule has 0 saturated heterocycles. The van der Waals surface area contributed by atoms with Crippen molar-refractivity contribution in [1.82, 2.24) is 9.55 Å². The molecular weight excluding hydrogens is 340 g/mol. The van der Waals surface area contributed by atoms with Crippen LogP contribution in [0.5, 0.6) is 5.75 Å². The molecule has 0 aliphatic heterocycles. The van der Waals surface area contributed by atoms with Crippen LogP contribution in [0, 0.1) is 0 Å². The monoisotopic (exact) mass is 360 g/mol. The number of aromatic amines is 1. The third-order valence-corrected chi connectivity index (χ3v) is 4.82. The number of rotatable bonds is 3. The van der Waals surface area contributed by atoms with E-state index in [-0.39, 0.29) is 22.3 Å². The minimum Gasteiger partial charge on any atom is -0.495 e. The molecule has 4 aromatic rings. The molecule has 0 radical (unpaired) electrons. The van der Waals surface area contributed by atoms with Crippen molar-refractivity contribution in [2.24, 2.45) is 0 Å². The van der Waals surface area contributed by atoms with Gasteiger partial charge in [-0.1, -0.05) is 38.1 Å². The van der Waals surface area contributed by atoms with Gasteiger partial charge in [0, 0.05) is 11.4 Å². The molecule has 27 heavy (non-hydrogen) atoms. The maximum absolute atomic E-state index is 13.4. The Hall–Kier alpha value is -3.34.